The second-order valence-corrected chi connectivity index (χ2v) is 6.43. The molecular formula is C19H21N5O3. The van der Waals surface area contributed by atoms with Crippen molar-refractivity contribution in [3.63, 3.8) is 0 Å². The Hall–Kier alpha value is -3.26. The van der Waals surface area contributed by atoms with E-state index in [0.717, 1.165) is 6.54 Å². The largest absolute Gasteiger partial charge is 0.342 e. The lowest BCUT2D eigenvalue weighted by Crippen LogP contribution is -2.46. The Balaban J connectivity index is 1.93. The van der Waals surface area contributed by atoms with Gasteiger partial charge in [0.2, 0.25) is 0 Å². The highest BCUT2D eigenvalue weighted by Crippen LogP contribution is 2.24. The lowest BCUT2D eigenvalue weighted by atomic mass is 10.1. The molecule has 0 bridgehead atoms. The summed E-state index contributed by atoms with van der Waals surface area (Å²) in [4.78, 5) is 28.0. The van der Waals surface area contributed by atoms with Crippen LogP contribution in [0.5, 0.6) is 0 Å². The third kappa shape index (κ3) is 4.48. The summed E-state index contributed by atoms with van der Waals surface area (Å²) < 4.78 is 0. The number of carbonyl (C=O) groups is 1. The number of nitrogens with one attached hydrogen (secondary N) is 3. The molecule has 0 aromatic heterocycles. The molecule has 2 atom stereocenters. The van der Waals surface area contributed by atoms with Crippen molar-refractivity contribution in [2.75, 3.05) is 17.2 Å². The minimum atomic E-state index is -0.520. The lowest BCUT2D eigenvalue weighted by Gasteiger charge is -2.26. The minimum absolute atomic E-state index is 0.0126. The maximum absolute atomic E-state index is 12.8. The quantitative estimate of drug-likeness (QED) is 0.568. The molecular weight excluding hydrogens is 346 g/mol. The fourth-order valence-corrected chi connectivity index (χ4v) is 2.78. The van der Waals surface area contributed by atoms with Crippen LogP contribution in [-0.4, -0.2) is 35.3 Å². The predicted molar refractivity (Wildman–Crippen MR) is 105 cm³/mol. The van der Waals surface area contributed by atoms with Gasteiger partial charge in [0.25, 0.3) is 11.6 Å². The number of benzene rings is 2. The normalized spacial score (nSPS) is 19.1. The van der Waals surface area contributed by atoms with Crippen LogP contribution in [0.4, 0.5) is 17.1 Å². The number of nitrogens with zero attached hydrogens (tertiary/aromatic N) is 2. The molecule has 2 aromatic rings. The predicted octanol–water partition coefficient (Wildman–Crippen LogP) is 3.04. The van der Waals surface area contributed by atoms with Gasteiger partial charge in [-0.15, -0.1) is 0 Å². The molecule has 2 unspecified atom stereocenters. The Bertz CT molecular complexity index is 882. The lowest BCUT2D eigenvalue weighted by molar-refractivity contribution is -0.384. The van der Waals surface area contributed by atoms with E-state index in [2.05, 4.69) is 20.9 Å². The van der Waals surface area contributed by atoms with Gasteiger partial charge in [0.05, 0.1) is 28.3 Å². The van der Waals surface area contributed by atoms with Crippen LogP contribution in [0.1, 0.15) is 24.2 Å². The summed E-state index contributed by atoms with van der Waals surface area (Å²) in [5.74, 6) is 0.258. The number of para-hydroxylation sites is 1. The van der Waals surface area contributed by atoms with Crippen molar-refractivity contribution in [3.8, 4) is 0 Å². The van der Waals surface area contributed by atoms with E-state index in [9.17, 15) is 14.9 Å². The van der Waals surface area contributed by atoms with E-state index >= 15 is 0 Å². The van der Waals surface area contributed by atoms with Crippen molar-refractivity contribution in [1.82, 2.24) is 5.32 Å². The van der Waals surface area contributed by atoms with E-state index in [4.69, 9.17) is 0 Å². The molecule has 8 heteroatoms. The molecule has 27 heavy (non-hydrogen) atoms. The summed E-state index contributed by atoms with van der Waals surface area (Å²) in [7, 11) is 0. The highest BCUT2D eigenvalue weighted by molar-refractivity contribution is 6.11. The number of aliphatic imine (C=N–C) groups is 1. The van der Waals surface area contributed by atoms with Crippen molar-refractivity contribution < 1.29 is 9.72 Å². The van der Waals surface area contributed by atoms with Crippen LogP contribution in [0.25, 0.3) is 0 Å². The summed E-state index contributed by atoms with van der Waals surface area (Å²) in [5.41, 5.74) is 1.11. The molecule has 140 valence electrons. The highest BCUT2D eigenvalue weighted by Gasteiger charge is 2.22. The summed E-state index contributed by atoms with van der Waals surface area (Å²) >= 11 is 0. The number of amidine groups is 1. The first-order valence-corrected chi connectivity index (χ1v) is 8.67. The first kappa shape index (κ1) is 18.5. The molecule has 0 saturated heterocycles. The van der Waals surface area contributed by atoms with Crippen molar-refractivity contribution in [3.05, 3.63) is 64.2 Å². The Labute approximate surface area is 156 Å². The number of rotatable bonds is 4. The van der Waals surface area contributed by atoms with Gasteiger partial charge in [-0.3, -0.25) is 19.9 Å². The van der Waals surface area contributed by atoms with Crippen molar-refractivity contribution in [2.24, 2.45) is 4.99 Å². The van der Waals surface area contributed by atoms with Gasteiger partial charge < -0.3 is 16.0 Å². The molecule has 1 amide bonds. The van der Waals surface area contributed by atoms with Gasteiger partial charge in [-0.1, -0.05) is 18.2 Å². The number of carbonyl (C=O) groups excluding carboxylic acids is 1. The molecule has 2 aromatic carbocycles. The second-order valence-electron chi connectivity index (χ2n) is 6.43. The smallest absolute Gasteiger partial charge is 0.270 e. The zero-order chi connectivity index (χ0) is 19.4. The van der Waals surface area contributed by atoms with Gasteiger partial charge >= 0.3 is 0 Å². The molecule has 0 saturated carbocycles. The summed E-state index contributed by atoms with van der Waals surface area (Å²) in [6, 6.07) is 13.2. The van der Waals surface area contributed by atoms with Crippen molar-refractivity contribution >= 4 is 28.8 Å². The van der Waals surface area contributed by atoms with E-state index in [-0.39, 0.29) is 23.3 Å². The van der Waals surface area contributed by atoms with Gasteiger partial charge in [0.1, 0.15) is 5.84 Å². The minimum Gasteiger partial charge on any atom is -0.342 e. The van der Waals surface area contributed by atoms with Crippen molar-refractivity contribution in [2.45, 2.75) is 25.9 Å². The standard InChI is InChI=1S/C19H21N5O3/c1-12-11-20-13(2)18(21-12)23-17-9-8-15(24(26)27)10-16(17)19(25)22-14-6-4-3-5-7-14/h3-10,12-13,20H,11H2,1-2H3,(H,21,23)(H,22,25). The average Bonchev–Trinajstić information content (AvgIpc) is 2.65. The number of nitro benzene ring substituents is 1. The van der Waals surface area contributed by atoms with E-state index in [1.165, 1.54) is 18.2 Å². The van der Waals surface area contributed by atoms with Crippen LogP contribution < -0.4 is 16.0 Å². The van der Waals surface area contributed by atoms with Crippen LogP contribution in [0.2, 0.25) is 0 Å². The molecule has 0 aliphatic carbocycles. The Kier molecular flexibility index (Phi) is 5.46. The first-order valence-electron chi connectivity index (χ1n) is 8.67. The highest BCUT2D eigenvalue weighted by atomic mass is 16.6. The van der Waals surface area contributed by atoms with Gasteiger partial charge in [0, 0.05) is 24.4 Å². The number of amides is 1. The second kappa shape index (κ2) is 7.96. The van der Waals surface area contributed by atoms with Gasteiger partial charge in [-0.25, -0.2) is 0 Å². The van der Waals surface area contributed by atoms with Crippen molar-refractivity contribution in [1.29, 1.82) is 0 Å². The maximum atomic E-state index is 12.8. The fourth-order valence-electron chi connectivity index (χ4n) is 2.78. The SMILES string of the molecule is CC1CNC(C)C(Nc2ccc([N+](=O)[O-])cc2C(=O)Nc2ccccc2)=N1. The molecule has 1 heterocycles. The number of nitro groups is 1. The van der Waals surface area contributed by atoms with E-state index < -0.39 is 10.8 Å². The van der Waals surface area contributed by atoms with Gasteiger partial charge in [0.15, 0.2) is 0 Å². The zero-order valence-corrected chi connectivity index (χ0v) is 15.1. The number of non-ortho nitro benzene ring substituents is 1. The number of hydrogen-bond acceptors (Lipinski definition) is 6. The summed E-state index contributed by atoms with van der Waals surface area (Å²) in [6.07, 6.45) is 0. The summed E-state index contributed by atoms with van der Waals surface area (Å²) in [6.45, 7) is 4.72. The first-order chi connectivity index (χ1) is 12.9. The molecule has 0 fully saturated rings. The van der Waals surface area contributed by atoms with Gasteiger partial charge in [-0.05, 0) is 32.0 Å². The molecule has 0 spiro atoms. The third-order valence-corrected chi connectivity index (χ3v) is 4.24. The van der Waals surface area contributed by atoms with Crippen LogP contribution in [0, 0.1) is 10.1 Å². The molecule has 3 rings (SSSR count). The van der Waals surface area contributed by atoms with Gasteiger partial charge in [-0.2, -0.15) is 0 Å². The molecule has 1 aliphatic heterocycles. The average molecular weight is 367 g/mol. The van der Waals surface area contributed by atoms with Crippen LogP contribution in [0.15, 0.2) is 53.5 Å². The Morgan fingerprint density at radius 2 is 1.96 bits per heavy atom. The van der Waals surface area contributed by atoms with Crippen LogP contribution in [0.3, 0.4) is 0 Å². The monoisotopic (exact) mass is 367 g/mol. The van der Waals surface area contributed by atoms with Crippen LogP contribution in [-0.2, 0) is 0 Å². The van der Waals surface area contributed by atoms with E-state index in [1.807, 2.05) is 19.9 Å². The topological polar surface area (TPSA) is 109 Å². The third-order valence-electron chi connectivity index (χ3n) is 4.24. The van der Waals surface area contributed by atoms with E-state index in [1.54, 1.807) is 24.3 Å². The number of hydrogen-bond donors (Lipinski definition) is 3. The number of anilines is 2. The van der Waals surface area contributed by atoms with Crippen LogP contribution >= 0.6 is 0 Å². The Morgan fingerprint density at radius 1 is 1.22 bits per heavy atom. The van der Waals surface area contributed by atoms with E-state index in [0.29, 0.717) is 17.2 Å². The fraction of sp³-hybridized carbons (Fsp3) is 0.263. The molecule has 8 nitrogen and oxygen atoms in total. The zero-order valence-electron chi connectivity index (χ0n) is 15.1. The molecule has 0 radical (unpaired) electrons. The summed E-state index contributed by atoms with van der Waals surface area (Å²) in [5, 5.41) is 20.4. The molecule has 1 aliphatic rings. The molecule has 3 N–H and O–H groups in total. The Morgan fingerprint density at radius 3 is 2.67 bits per heavy atom. The maximum Gasteiger partial charge on any atom is 0.270 e.